The number of anilines is 1. The fourth-order valence-corrected chi connectivity index (χ4v) is 3.56. The highest BCUT2D eigenvalue weighted by Gasteiger charge is 2.40. The van der Waals surface area contributed by atoms with Crippen molar-refractivity contribution in [2.45, 2.75) is 25.6 Å². The van der Waals surface area contributed by atoms with Gasteiger partial charge < -0.3 is 5.73 Å². The van der Waals surface area contributed by atoms with Gasteiger partial charge >= 0.3 is 0 Å². The molecule has 0 saturated carbocycles. The third-order valence-corrected chi connectivity index (χ3v) is 4.62. The highest BCUT2D eigenvalue weighted by molar-refractivity contribution is 7.15. The fourth-order valence-electron chi connectivity index (χ4n) is 2.83. The first-order chi connectivity index (χ1) is 9.94. The fraction of sp³-hybridized carbons (Fsp3) is 0.400. The molecule has 1 unspecified atom stereocenters. The van der Waals surface area contributed by atoms with Crippen LogP contribution in [0.4, 0.5) is 13.9 Å². The molecule has 120 valence electrons. The number of aromatic nitrogens is 1. The lowest BCUT2D eigenvalue weighted by Gasteiger charge is -2.21. The van der Waals surface area contributed by atoms with Crippen LogP contribution in [0.1, 0.15) is 22.4 Å². The number of nitrogen functional groups attached to an aromatic ring is 1. The van der Waals surface area contributed by atoms with E-state index >= 15 is 4.39 Å². The molecule has 2 heterocycles. The first-order valence-electron chi connectivity index (χ1n) is 6.84. The summed E-state index contributed by atoms with van der Waals surface area (Å²) < 4.78 is 28.6. The Morgan fingerprint density at radius 1 is 1.41 bits per heavy atom. The first kappa shape index (κ1) is 17.1. The van der Waals surface area contributed by atoms with E-state index in [1.165, 1.54) is 23.5 Å². The Hall–Kier alpha value is -1.24. The molecule has 0 aliphatic carbocycles. The van der Waals surface area contributed by atoms with Crippen LogP contribution in [0, 0.1) is 12.7 Å². The maximum absolute atomic E-state index is 15.1. The van der Waals surface area contributed by atoms with Gasteiger partial charge in [0.05, 0.1) is 0 Å². The van der Waals surface area contributed by atoms with Gasteiger partial charge in [-0.15, -0.1) is 23.7 Å². The van der Waals surface area contributed by atoms with Gasteiger partial charge in [-0.3, -0.25) is 4.90 Å². The topological polar surface area (TPSA) is 42.2 Å². The smallest absolute Gasteiger partial charge is 0.180 e. The highest BCUT2D eigenvalue weighted by atomic mass is 35.5. The largest absolute Gasteiger partial charge is 0.375 e. The van der Waals surface area contributed by atoms with Gasteiger partial charge in [0.25, 0.3) is 0 Å². The standard InChI is InChI=1S/C15H17F2N3S.ClH/c1-10-4-11(6-12(16)5-10)15(17)2-3-20(9-15)8-13-7-19-14(18)21-13;/h4-7H,2-3,8-9H2,1H3,(H2,18,19);1H. The molecule has 0 bridgehead atoms. The summed E-state index contributed by atoms with van der Waals surface area (Å²) in [6.07, 6.45) is 2.11. The molecule has 7 heteroatoms. The molecule has 2 aromatic rings. The molecular weight excluding hydrogens is 328 g/mol. The van der Waals surface area contributed by atoms with Gasteiger partial charge in [0, 0.05) is 30.7 Å². The van der Waals surface area contributed by atoms with Gasteiger partial charge in [-0.2, -0.15) is 0 Å². The van der Waals surface area contributed by atoms with Crippen molar-refractivity contribution < 1.29 is 8.78 Å². The van der Waals surface area contributed by atoms with Gasteiger partial charge in [-0.25, -0.2) is 13.8 Å². The van der Waals surface area contributed by atoms with E-state index in [1.54, 1.807) is 19.2 Å². The van der Waals surface area contributed by atoms with Gasteiger partial charge in [-0.05, 0) is 36.6 Å². The van der Waals surface area contributed by atoms with Crippen molar-refractivity contribution in [1.29, 1.82) is 0 Å². The predicted octanol–water partition coefficient (Wildman–Crippen LogP) is 3.67. The average Bonchev–Trinajstić information content (AvgIpc) is 2.96. The molecule has 1 atom stereocenters. The number of rotatable bonds is 3. The van der Waals surface area contributed by atoms with Crippen LogP contribution in [0.3, 0.4) is 0 Å². The lowest BCUT2D eigenvalue weighted by atomic mass is 9.93. The van der Waals surface area contributed by atoms with Crippen LogP contribution < -0.4 is 5.73 Å². The summed E-state index contributed by atoms with van der Waals surface area (Å²) in [5.74, 6) is -0.379. The number of nitrogens with two attached hydrogens (primary N) is 1. The van der Waals surface area contributed by atoms with Crippen molar-refractivity contribution >= 4 is 28.9 Å². The van der Waals surface area contributed by atoms with Crippen LogP contribution in [-0.4, -0.2) is 23.0 Å². The van der Waals surface area contributed by atoms with Gasteiger partial charge in [0.1, 0.15) is 11.5 Å². The summed E-state index contributed by atoms with van der Waals surface area (Å²) in [7, 11) is 0. The van der Waals surface area contributed by atoms with Crippen LogP contribution in [0.15, 0.2) is 24.4 Å². The Labute approximate surface area is 138 Å². The third-order valence-electron chi connectivity index (χ3n) is 3.81. The Morgan fingerprint density at radius 2 is 2.18 bits per heavy atom. The monoisotopic (exact) mass is 345 g/mol. The number of likely N-dealkylation sites (tertiary alicyclic amines) is 1. The summed E-state index contributed by atoms with van der Waals surface area (Å²) in [4.78, 5) is 7.04. The summed E-state index contributed by atoms with van der Waals surface area (Å²) >= 11 is 1.42. The van der Waals surface area contributed by atoms with E-state index in [0.717, 1.165) is 10.4 Å². The molecular formula is C15H18ClF2N3S. The maximum Gasteiger partial charge on any atom is 0.180 e. The molecule has 3 rings (SSSR count). The van der Waals surface area contributed by atoms with Crippen molar-refractivity contribution in [2.24, 2.45) is 0 Å². The Morgan fingerprint density at radius 3 is 2.82 bits per heavy atom. The zero-order valence-corrected chi connectivity index (χ0v) is 13.8. The summed E-state index contributed by atoms with van der Waals surface area (Å²) in [6, 6.07) is 4.46. The highest BCUT2D eigenvalue weighted by Crippen LogP contribution is 2.37. The number of alkyl halides is 1. The van der Waals surface area contributed by atoms with Gasteiger partial charge in [0.2, 0.25) is 0 Å². The predicted molar refractivity (Wildman–Crippen MR) is 87.6 cm³/mol. The Balaban J connectivity index is 0.00000176. The first-order valence-corrected chi connectivity index (χ1v) is 7.65. The molecule has 1 aliphatic rings. The number of hydrogen-bond acceptors (Lipinski definition) is 4. The van der Waals surface area contributed by atoms with Gasteiger partial charge in [-0.1, -0.05) is 6.07 Å². The van der Waals surface area contributed by atoms with E-state index in [9.17, 15) is 4.39 Å². The molecule has 2 N–H and O–H groups in total. The number of thiazole rings is 1. The van der Waals surface area contributed by atoms with Crippen molar-refractivity contribution in [3.05, 3.63) is 46.2 Å². The number of aryl methyl sites for hydroxylation is 1. The van der Waals surface area contributed by atoms with E-state index in [4.69, 9.17) is 5.73 Å². The van der Waals surface area contributed by atoms with Crippen molar-refractivity contribution in [1.82, 2.24) is 9.88 Å². The zero-order valence-electron chi connectivity index (χ0n) is 12.2. The molecule has 22 heavy (non-hydrogen) atoms. The van der Waals surface area contributed by atoms with Crippen molar-refractivity contribution in [3.63, 3.8) is 0 Å². The number of benzene rings is 1. The second-order valence-electron chi connectivity index (χ2n) is 5.61. The lowest BCUT2D eigenvalue weighted by molar-refractivity contribution is 0.164. The summed E-state index contributed by atoms with van der Waals surface area (Å²) in [5.41, 5.74) is 5.30. The van der Waals surface area contributed by atoms with Crippen LogP contribution in [0.2, 0.25) is 0 Å². The third kappa shape index (κ3) is 3.56. The average molecular weight is 346 g/mol. The van der Waals surface area contributed by atoms with Crippen molar-refractivity contribution in [2.75, 3.05) is 18.8 Å². The lowest BCUT2D eigenvalue weighted by Crippen LogP contribution is -2.26. The Kier molecular flexibility index (Phi) is 5.04. The summed E-state index contributed by atoms with van der Waals surface area (Å²) in [6.45, 7) is 3.33. The minimum Gasteiger partial charge on any atom is -0.375 e. The SMILES string of the molecule is Cc1cc(F)cc(C2(F)CCN(Cc3cnc(N)s3)C2)c1.Cl. The number of nitrogens with zero attached hydrogens (tertiary/aromatic N) is 2. The molecule has 1 saturated heterocycles. The van der Waals surface area contributed by atoms with E-state index in [0.29, 0.717) is 30.2 Å². The number of hydrogen-bond donors (Lipinski definition) is 1. The van der Waals surface area contributed by atoms with E-state index in [1.807, 2.05) is 4.90 Å². The second-order valence-corrected chi connectivity index (χ2v) is 6.75. The maximum atomic E-state index is 15.1. The minimum absolute atomic E-state index is 0. The van der Waals surface area contributed by atoms with Crippen LogP contribution in [0.25, 0.3) is 0 Å². The molecule has 0 amide bonds. The zero-order chi connectivity index (χ0) is 15.0. The van der Waals surface area contributed by atoms with Crippen LogP contribution in [-0.2, 0) is 12.2 Å². The summed E-state index contributed by atoms with van der Waals surface area (Å²) in [5, 5.41) is 0.525. The minimum atomic E-state index is -1.48. The Bertz CT molecular complexity index is 644. The number of halogens is 3. The van der Waals surface area contributed by atoms with Crippen LogP contribution in [0.5, 0.6) is 0 Å². The van der Waals surface area contributed by atoms with Crippen LogP contribution >= 0.6 is 23.7 Å². The molecule has 3 nitrogen and oxygen atoms in total. The normalized spacial score (nSPS) is 21.8. The van der Waals surface area contributed by atoms with Crippen molar-refractivity contribution in [3.8, 4) is 0 Å². The molecule has 1 fully saturated rings. The van der Waals surface area contributed by atoms with Gasteiger partial charge in [0.15, 0.2) is 5.13 Å². The van der Waals surface area contributed by atoms with E-state index in [2.05, 4.69) is 4.98 Å². The second kappa shape index (κ2) is 6.48. The molecule has 1 aromatic heterocycles. The van der Waals surface area contributed by atoms with E-state index in [-0.39, 0.29) is 24.8 Å². The molecule has 1 aliphatic heterocycles. The molecule has 1 aromatic carbocycles. The molecule has 0 radical (unpaired) electrons. The molecule has 0 spiro atoms. The quantitative estimate of drug-likeness (QED) is 0.923. The van der Waals surface area contributed by atoms with E-state index < -0.39 is 5.67 Å².